The van der Waals surface area contributed by atoms with E-state index < -0.39 is 6.09 Å². The predicted octanol–water partition coefficient (Wildman–Crippen LogP) is 4.19. The first kappa shape index (κ1) is 17.6. The molecule has 0 saturated carbocycles. The number of rotatable bonds is 4. The molecule has 2 aromatic carbocycles. The van der Waals surface area contributed by atoms with E-state index in [1.165, 1.54) is 18.1 Å². The number of carbonyl (C=O) groups is 2. The molecule has 1 N–H and O–H groups in total. The van der Waals surface area contributed by atoms with Crippen molar-refractivity contribution >= 4 is 41.1 Å². The highest BCUT2D eigenvalue weighted by Crippen LogP contribution is 2.17. The van der Waals surface area contributed by atoms with Crippen LogP contribution in [0.1, 0.15) is 5.56 Å². The Labute approximate surface area is 145 Å². The Hall–Kier alpha value is -2.79. The molecule has 6 heteroatoms. The summed E-state index contributed by atoms with van der Waals surface area (Å²) in [4.78, 5) is 24.7. The van der Waals surface area contributed by atoms with E-state index in [0.717, 1.165) is 5.56 Å². The van der Waals surface area contributed by atoms with Crippen molar-refractivity contribution in [3.63, 3.8) is 0 Å². The first-order valence-corrected chi connectivity index (χ1v) is 7.54. The van der Waals surface area contributed by atoms with Gasteiger partial charge in [-0.25, -0.2) is 4.79 Å². The quantitative estimate of drug-likeness (QED) is 0.846. The highest BCUT2D eigenvalue weighted by Gasteiger charge is 2.10. The molecule has 5 nitrogen and oxygen atoms in total. The van der Waals surface area contributed by atoms with E-state index in [9.17, 15) is 9.59 Å². The summed E-state index contributed by atoms with van der Waals surface area (Å²) in [7, 11) is 2.92. The van der Waals surface area contributed by atoms with Crippen LogP contribution in [0.4, 0.5) is 16.2 Å². The van der Waals surface area contributed by atoms with Gasteiger partial charge >= 0.3 is 6.09 Å². The molecular formula is C18H17ClN2O3. The summed E-state index contributed by atoms with van der Waals surface area (Å²) in [5.41, 5.74) is 2.12. The number of anilines is 2. The number of hydrogen-bond acceptors (Lipinski definition) is 3. The fourth-order valence-electron chi connectivity index (χ4n) is 1.98. The van der Waals surface area contributed by atoms with Gasteiger partial charge < -0.3 is 10.1 Å². The van der Waals surface area contributed by atoms with E-state index in [1.54, 1.807) is 49.5 Å². The molecule has 0 radical (unpaired) electrons. The minimum atomic E-state index is -0.462. The van der Waals surface area contributed by atoms with Gasteiger partial charge in [0.2, 0.25) is 5.91 Å². The number of hydrogen-bond donors (Lipinski definition) is 1. The molecule has 0 saturated heterocycles. The Morgan fingerprint density at radius 1 is 1.17 bits per heavy atom. The number of ether oxygens (including phenoxy) is 1. The lowest BCUT2D eigenvalue weighted by Gasteiger charge is -2.15. The molecule has 0 atom stereocenters. The highest BCUT2D eigenvalue weighted by molar-refractivity contribution is 6.30. The molecule has 124 valence electrons. The summed E-state index contributed by atoms with van der Waals surface area (Å²) in [6, 6.07) is 14.1. The summed E-state index contributed by atoms with van der Waals surface area (Å²) in [6.07, 6.45) is 2.65. The van der Waals surface area contributed by atoms with E-state index in [2.05, 4.69) is 10.1 Å². The molecule has 0 unspecified atom stereocenters. The van der Waals surface area contributed by atoms with E-state index >= 15 is 0 Å². The smallest absolute Gasteiger partial charge is 0.413 e. The van der Waals surface area contributed by atoms with Crippen molar-refractivity contribution in [3.8, 4) is 0 Å². The molecule has 24 heavy (non-hydrogen) atoms. The molecule has 0 aliphatic rings. The molecule has 0 aromatic heterocycles. The molecule has 0 fully saturated rings. The summed E-state index contributed by atoms with van der Waals surface area (Å²) in [5.74, 6) is -0.260. The third-order valence-corrected chi connectivity index (χ3v) is 3.48. The van der Waals surface area contributed by atoms with Gasteiger partial charge in [0, 0.05) is 29.5 Å². The third-order valence-electron chi connectivity index (χ3n) is 3.25. The lowest BCUT2D eigenvalue weighted by molar-refractivity contribution is -0.111. The maximum atomic E-state index is 11.9. The standard InChI is InChI=1S/C18H17ClN2O3/c1-21(18(23)24-2)16-9-7-15(8-10-16)20-17(22)11-6-13-4-3-5-14(19)12-13/h3-12H,1-2H3,(H,20,22). The molecule has 0 aliphatic carbocycles. The molecule has 2 rings (SSSR count). The van der Waals surface area contributed by atoms with Gasteiger partial charge in [0.05, 0.1) is 7.11 Å². The summed E-state index contributed by atoms with van der Waals surface area (Å²) >= 11 is 5.89. The Morgan fingerprint density at radius 3 is 2.50 bits per heavy atom. The van der Waals surface area contributed by atoms with Crippen LogP contribution in [0.3, 0.4) is 0 Å². The van der Waals surface area contributed by atoms with Crippen LogP contribution in [0.5, 0.6) is 0 Å². The van der Waals surface area contributed by atoms with E-state index in [1.807, 2.05) is 12.1 Å². The Morgan fingerprint density at radius 2 is 1.88 bits per heavy atom. The van der Waals surface area contributed by atoms with E-state index in [-0.39, 0.29) is 5.91 Å². The molecular weight excluding hydrogens is 328 g/mol. The van der Waals surface area contributed by atoms with E-state index in [0.29, 0.717) is 16.4 Å². The minimum Gasteiger partial charge on any atom is -0.452 e. The van der Waals surface area contributed by atoms with Crippen LogP contribution in [0, 0.1) is 0 Å². The zero-order valence-corrected chi connectivity index (χ0v) is 14.1. The van der Waals surface area contributed by atoms with Gasteiger partial charge in [-0.15, -0.1) is 0 Å². The Bertz CT molecular complexity index is 757. The number of nitrogens with zero attached hydrogens (tertiary/aromatic N) is 1. The number of methoxy groups -OCH3 is 1. The summed E-state index contributed by atoms with van der Waals surface area (Å²) in [5, 5.41) is 3.36. The second-order valence-electron chi connectivity index (χ2n) is 4.95. The van der Waals surface area contributed by atoms with Crippen molar-refractivity contribution in [1.29, 1.82) is 0 Å². The maximum Gasteiger partial charge on any atom is 0.413 e. The maximum absolute atomic E-state index is 11.9. The molecule has 0 aliphatic heterocycles. The molecule has 2 amide bonds. The molecule has 0 bridgehead atoms. The van der Waals surface area contributed by atoms with Crippen LogP contribution in [0.15, 0.2) is 54.6 Å². The zero-order chi connectivity index (χ0) is 17.5. The number of amides is 2. The summed E-state index contributed by atoms with van der Waals surface area (Å²) < 4.78 is 4.64. The van der Waals surface area contributed by atoms with Crippen LogP contribution in [-0.4, -0.2) is 26.2 Å². The van der Waals surface area contributed by atoms with E-state index in [4.69, 9.17) is 11.6 Å². The number of nitrogens with one attached hydrogen (secondary N) is 1. The van der Waals surface area contributed by atoms with Crippen molar-refractivity contribution < 1.29 is 14.3 Å². The monoisotopic (exact) mass is 344 g/mol. The van der Waals surface area contributed by atoms with Crippen LogP contribution in [0.25, 0.3) is 6.08 Å². The molecule has 2 aromatic rings. The van der Waals surface area contributed by atoms with Gasteiger partial charge in [-0.1, -0.05) is 23.7 Å². The lowest BCUT2D eigenvalue weighted by atomic mass is 10.2. The molecule has 0 spiro atoms. The number of halogens is 1. The highest BCUT2D eigenvalue weighted by atomic mass is 35.5. The Kier molecular flexibility index (Phi) is 5.98. The fraction of sp³-hybridized carbons (Fsp3) is 0.111. The van der Waals surface area contributed by atoms with Crippen molar-refractivity contribution in [2.24, 2.45) is 0 Å². The van der Waals surface area contributed by atoms with Gasteiger partial charge in [0.25, 0.3) is 0 Å². The second-order valence-corrected chi connectivity index (χ2v) is 5.39. The average Bonchev–Trinajstić information content (AvgIpc) is 2.59. The third kappa shape index (κ3) is 4.86. The lowest BCUT2D eigenvalue weighted by Crippen LogP contribution is -2.25. The minimum absolute atomic E-state index is 0.260. The first-order valence-electron chi connectivity index (χ1n) is 7.16. The van der Waals surface area contributed by atoms with Crippen molar-refractivity contribution in [3.05, 3.63) is 65.2 Å². The molecule has 0 heterocycles. The Balaban J connectivity index is 1.98. The first-order chi connectivity index (χ1) is 11.5. The second kappa shape index (κ2) is 8.17. The van der Waals surface area contributed by atoms with Crippen LogP contribution in [0.2, 0.25) is 5.02 Å². The van der Waals surface area contributed by atoms with Crippen LogP contribution >= 0.6 is 11.6 Å². The van der Waals surface area contributed by atoms with Gasteiger partial charge in [-0.05, 0) is 48.0 Å². The fourth-order valence-corrected chi connectivity index (χ4v) is 2.18. The normalized spacial score (nSPS) is 10.5. The summed E-state index contributed by atoms with van der Waals surface area (Å²) in [6.45, 7) is 0. The zero-order valence-electron chi connectivity index (χ0n) is 13.3. The predicted molar refractivity (Wildman–Crippen MR) is 96.4 cm³/mol. The van der Waals surface area contributed by atoms with Crippen LogP contribution < -0.4 is 10.2 Å². The van der Waals surface area contributed by atoms with Crippen molar-refractivity contribution in [1.82, 2.24) is 0 Å². The van der Waals surface area contributed by atoms with Gasteiger partial charge in [-0.3, -0.25) is 9.69 Å². The topological polar surface area (TPSA) is 58.6 Å². The van der Waals surface area contributed by atoms with Gasteiger partial charge in [0.15, 0.2) is 0 Å². The van der Waals surface area contributed by atoms with Gasteiger partial charge in [0.1, 0.15) is 0 Å². The largest absolute Gasteiger partial charge is 0.452 e. The van der Waals surface area contributed by atoms with Crippen LogP contribution in [-0.2, 0) is 9.53 Å². The number of carbonyl (C=O) groups excluding carboxylic acids is 2. The van der Waals surface area contributed by atoms with Gasteiger partial charge in [-0.2, -0.15) is 0 Å². The SMILES string of the molecule is COC(=O)N(C)c1ccc(NC(=O)C=Cc2cccc(Cl)c2)cc1. The number of benzene rings is 2. The van der Waals surface area contributed by atoms with Crippen molar-refractivity contribution in [2.45, 2.75) is 0 Å². The van der Waals surface area contributed by atoms with Crippen molar-refractivity contribution in [2.75, 3.05) is 24.4 Å². The average molecular weight is 345 g/mol.